The summed E-state index contributed by atoms with van der Waals surface area (Å²) in [5.41, 5.74) is -0.946. The van der Waals surface area contributed by atoms with Crippen molar-refractivity contribution in [2.75, 3.05) is 13.1 Å². The Labute approximate surface area is 131 Å². The Morgan fingerprint density at radius 2 is 1.91 bits per heavy atom. The van der Waals surface area contributed by atoms with Crippen molar-refractivity contribution in [1.29, 1.82) is 0 Å². The molecule has 0 bridgehead atoms. The van der Waals surface area contributed by atoms with Gasteiger partial charge in [0.15, 0.2) is 0 Å². The summed E-state index contributed by atoms with van der Waals surface area (Å²) in [5, 5.41) is 9.07. The van der Waals surface area contributed by atoms with Gasteiger partial charge in [-0.15, -0.1) is 0 Å². The van der Waals surface area contributed by atoms with Gasteiger partial charge in [0.25, 0.3) is 0 Å². The summed E-state index contributed by atoms with van der Waals surface area (Å²) >= 11 is 0. The fraction of sp³-hybridized carbons (Fsp3) is 0.500. The first kappa shape index (κ1) is 17.7. The normalized spacial score (nSPS) is 23.2. The van der Waals surface area contributed by atoms with Crippen molar-refractivity contribution in [1.82, 2.24) is 4.31 Å². The van der Waals surface area contributed by atoms with E-state index < -0.39 is 33.7 Å². The molecule has 5 nitrogen and oxygen atoms in total. The minimum Gasteiger partial charge on any atom is -0.481 e. The fourth-order valence-corrected chi connectivity index (χ4v) is 4.47. The number of carboxylic acid groups (broad SMARTS) is 1. The number of carbonyl (C=O) groups is 1. The molecule has 1 aromatic rings. The molecule has 0 unspecified atom stereocenters. The van der Waals surface area contributed by atoms with Crippen LogP contribution in [0.5, 0.6) is 0 Å². The molecule has 23 heavy (non-hydrogen) atoms. The van der Waals surface area contributed by atoms with E-state index in [4.69, 9.17) is 5.11 Å². The Morgan fingerprint density at radius 1 is 1.30 bits per heavy atom. The third kappa shape index (κ3) is 3.35. The topological polar surface area (TPSA) is 74.7 Å². The molecule has 0 saturated carbocycles. The molecule has 1 aromatic carbocycles. The third-order valence-corrected chi connectivity index (χ3v) is 6.01. The van der Waals surface area contributed by atoms with Gasteiger partial charge in [0.2, 0.25) is 10.0 Å². The molecule has 0 aromatic heterocycles. The number of sulfonamides is 1. The van der Waals surface area contributed by atoms with Gasteiger partial charge < -0.3 is 5.11 Å². The molecule has 1 aliphatic rings. The molecule has 1 heterocycles. The highest BCUT2D eigenvalue weighted by Gasteiger charge is 2.41. The number of hydrogen-bond acceptors (Lipinski definition) is 3. The SMILES string of the molecule is Cc1cc(C(F)(F)F)ccc1S(=O)(=O)N1C[C@@H](C)[C@H](C(=O)O)C1. The molecule has 9 heteroatoms. The first-order valence-corrected chi connectivity index (χ1v) is 8.29. The van der Waals surface area contributed by atoms with Gasteiger partial charge in [-0.25, -0.2) is 8.42 Å². The lowest BCUT2D eigenvalue weighted by molar-refractivity contribution is -0.142. The monoisotopic (exact) mass is 351 g/mol. The second-order valence-corrected chi connectivity index (χ2v) is 7.63. The molecule has 128 valence electrons. The van der Waals surface area contributed by atoms with Gasteiger partial charge in [-0.3, -0.25) is 4.79 Å². The molecule has 1 aliphatic heterocycles. The highest BCUT2D eigenvalue weighted by molar-refractivity contribution is 7.89. The summed E-state index contributed by atoms with van der Waals surface area (Å²) in [6.45, 7) is 2.77. The summed E-state index contributed by atoms with van der Waals surface area (Å²) in [4.78, 5) is 10.9. The van der Waals surface area contributed by atoms with E-state index in [2.05, 4.69) is 0 Å². The van der Waals surface area contributed by atoms with Crippen LogP contribution < -0.4 is 0 Å². The number of nitrogens with zero attached hydrogens (tertiary/aromatic N) is 1. The van der Waals surface area contributed by atoms with Crippen LogP contribution in [0.3, 0.4) is 0 Å². The van der Waals surface area contributed by atoms with Gasteiger partial charge in [-0.05, 0) is 36.6 Å². The van der Waals surface area contributed by atoms with E-state index in [1.807, 2.05) is 0 Å². The standard InChI is InChI=1S/C14H16F3NO4S/c1-8-5-10(14(15,16)17)3-4-12(8)23(21,22)18-6-9(2)11(7-18)13(19)20/h3-5,9,11H,6-7H2,1-2H3,(H,19,20)/t9-,11-/m1/s1. The first-order chi connectivity index (χ1) is 10.4. The number of hydrogen-bond donors (Lipinski definition) is 1. The van der Waals surface area contributed by atoms with Gasteiger partial charge in [-0.1, -0.05) is 6.92 Å². The van der Waals surface area contributed by atoms with Gasteiger partial charge in [-0.2, -0.15) is 17.5 Å². The summed E-state index contributed by atoms with van der Waals surface area (Å²) in [7, 11) is -4.03. The zero-order valence-electron chi connectivity index (χ0n) is 12.5. The van der Waals surface area contributed by atoms with Gasteiger partial charge in [0, 0.05) is 13.1 Å². The minimum absolute atomic E-state index is 0.0220. The van der Waals surface area contributed by atoms with Gasteiger partial charge in [0.1, 0.15) is 0 Å². The summed E-state index contributed by atoms with van der Waals surface area (Å²) < 4.78 is 64.2. The predicted molar refractivity (Wildman–Crippen MR) is 75.2 cm³/mol. The fourth-order valence-electron chi connectivity index (χ4n) is 2.69. The lowest BCUT2D eigenvalue weighted by Gasteiger charge is -2.18. The molecule has 2 atom stereocenters. The Hall–Kier alpha value is -1.61. The Balaban J connectivity index is 2.36. The average molecular weight is 351 g/mol. The Bertz CT molecular complexity index is 730. The van der Waals surface area contributed by atoms with Crippen LogP contribution in [-0.2, 0) is 21.0 Å². The molecule has 0 amide bonds. The molecule has 0 spiro atoms. The summed E-state index contributed by atoms with van der Waals surface area (Å²) in [5.74, 6) is -2.27. The lowest BCUT2D eigenvalue weighted by atomic mass is 9.99. The maximum atomic E-state index is 12.7. The largest absolute Gasteiger partial charge is 0.481 e. The second kappa shape index (κ2) is 5.79. The Morgan fingerprint density at radius 3 is 2.35 bits per heavy atom. The number of benzene rings is 1. The van der Waals surface area contributed by atoms with Crippen molar-refractivity contribution in [3.8, 4) is 0 Å². The maximum absolute atomic E-state index is 12.7. The van der Waals surface area contributed by atoms with Crippen molar-refractivity contribution in [3.05, 3.63) is 29.3 Å². The maximum Gasteiger partial charge on any atom is 0.416 e. The van der Waals surface area contributed by atoms with Crippen LogP contribution in [0.25, 0.3) is 0 Å². The first-order valence-electron chi connectivity index (χ1n) is 6.85. The van der Waals surface area contributed by atoms with Gasteiger partial charge >= 0.3 is 12.1 Å². The number of aryl methyl sites for hydroxylation is 1. The molecule has 1 N–H and O–H groups in total. The molecule has 2 rings (SSSR count). The summed E-state index contributed by atoms with van der Waals surface area (Å²) in [6.07, 6.45) is -4.55. The van der Waals surface area contributed by atoms with Crippen LogP contribution in [0.1, 0.15) is 18.1 Å². The zero-order valence-corrected chi connectivity index (χ0v) is 13.3. The van der Waals surface area contributed by atoms with Crippen LogP contribution in [0, 0.1) is 18.8 Å². The number of alkyl halides is 3. The van der Waals surface area contributed by atoms with Crippen molar-refractivity contribution in [2.24, 2.45) is 11.8 Å². The molecule has 0 aliphatic carbocycles. The van der Waals surface area contributed by atoms with E-state index in [1.165, 1.54) is 6.92 Å². The lowest BCUT2D eigenvalue weighted by Crippen LogP contribution is -2.30. The number of carboxylic acids is 1. The number of halogens is 3. The average Bonchev–Trinajstić information content (AvgIpc) is 2.80. The number of rotatable bonds is 3. The van der Waals surface area contributed by atoms with Crippen LogP contribution >= 0.6 is 0 Å². The van der Waals surface area contributed by atoms with Crippen molar-refractivity contribution in [3.63, 3.8) is 0 Å². The van der Waals surface area contributed by atoms with E-state index in [9.17, 15) is 26.4 Å². The molecular weight excluding hydrogens is 335 g/mol. The van der Waals surface area contributed by atoms with Crippen molar-refractivity contribution < 1.29 is 31.5 Å². The van der Waals surface area contributed by atoms with E-state index in [1.54, 1.807) is 6.92 Å². The van der Waals surface area contributed by atoms with E-state index in [0.717, 1.165) is 16.4 Å². The van der Waals surface area contributed by atoms with Crippen LogP contribution in [0.15, 0.2) is 23.1 Å². The molecular formula is C14H16F3NO4S. The van der Waals surface area contributed by atoms with Gasteiger partial charge in [0.05, 0.1) is 16.4 Å². The predicted octanol–water partition coefficient (Wildman–Crippen LogP) is 2.36. The highest BCUT2D eigenvalue weighted by atomic mass is 32.2. The third-order valence-electron chi connectivity index (χ3n) is 4.02. The molecule has 0 radical (unpaired) electrons. The van der Waals surface area contributed by atoms with Crippen LogP contribution in [0.4, 0.5) is 13.2 Å². The Kier molecular flexibility index (Phi) is 4.46. The molecule has 1 fully saturated rings. The second-order valence-electron chi connectivity index (χ2n) is 5.72. The zero-order chi connectivity index (χ0) is 17.6. The quantitative estimate of drug-likeness (QED) is 0.907. The molecule has 1 saturated heterocycles. The van der Waals surface area contributed by atoms with E-state index >= 15 is 0 Å². The van der Waals surface area contributed by atoms with Crippen LogP contribution in [0.2, 0.25) is 0 Å². The van der Waals surface area contributed by atoms with E-state index in [-0.39, 0.29) is 29.5 Å². The highest BCUT2D eigenvalue weighted by Crippen LogP contribution is 2.34. The van der Waals surface area contributed by atoms with Crippen molar-refractivity contribution >= 4 is 16.0 Å². The van der Waals surface area contributed by atoms with Crippen LogP contribution in [-0.4, -0.2) is 36.9 Å². The smallest absolute Gasteiger partial charge is 0.416 e. The minimum atomic E-state index is -4.55. The van der Waals surface area contributed by atoms with Crippen molar-refractivity contribution in [2.45, 2.75) is 24.9 Å². The van der Waals surface area contributed by atoms with E-state index in [0.29, 0.717) is 6.07 Å². The number of aliphatic carboxylic acids is 1. The summed E-state index contributed by atoms with van der Waals surface area (Å²) in [6, 6.07) is 2.42.